The van der Waals surface area contributed by atoms with Gasteiger partial charge in [-0.15, -0.1) is 0 Å². The van der Waals surface area contributed by atoms with Crippen molar-refractivity contribution < 1.29 is 18.0 Å². The number of piperazine rings is 1. The highest BCUT2D eigenvalue weighted by Gasteiger charge is 2.31. The molecule has 0 saturated carbocycles. The standard InChI is InChI=1S/C21H31N3O4S/c1-21(2,3)20(26)22-15-19(25)23-10-12-24(13-11-23)29(27,28)18-9-8-16-6-4-5-7-17(16)14-18/h8-9,14H,4-7,10-13,15H2,1-3H3,(H,22,26). The Bertz CT molecular complexity index is 882. The largest absolute Gasteiger partial charge is 0.347 e. The Labute approximate surface area is 173 Å². The molecule has 8 heteroatoms. The quantitative estimate of drug-likeness (QED) is 0.799. The third-order valence-corrected chi connectivity index (χ3v) is 7.53. The number of hydrogen-bond donors (Lipinski definition) is 1. The van der Waals surface area contributed by atoms with Gasteiger partial charge in [0.15, 0.2) is 0 Å². The maximum absolute atomic E-state index is 13.0. The second-order valence-corrected chi connectivity index (χ2v) is 10.8. The Morgan fingerprint density at radius 2 is 1.62 bits per heavy atom. The molecule has 0 radical (unpaired) electrons. The first-order chi connectivity index (χ1) is 13.6. The van der Waals surface area contributed by atoms with Crippen LogP contribution in [0.25, 0.3) is 0 Å². The van der Waals surface area contributed by atoms with Gasteiger partial charge in [-0.2, -0.15) is 4.31 Å². The first-order valence-corrected chi connectivity index (χ1v) is 11.7. The molecular weight excluding hydrogens is 390 g/mol. The molecule has 0 spiro atoms. The van der Waals surface area contributed by atoms with Crippen LogP contribution in [0.5, 0.6) is 0 Å². The monoisotopic (exact) mass is 421 g/mol. The minimum absolute atomic E-state index is 0.0618. The van der Waals surface area contributed by atoms with Gasteiger partial charge in [0.2, 0.25) is 21.8 Å². The molecule has 1 fully saturated rings. The lowest BCUT2D eigenvalue weighted by Gasteiger charge is -2.34. The molecule has 0 unspecified atom stereocenters. The van der Waals surface area contributed by atoms with E-state index in [1.54, 1.807) is 31.7 Å². The number of nitrogens with one attached hydrogen (secondary N) is 1. The van der Waals surface area contributed by atoms with E-state index in [2.05, 4.69) is 5.32 Å². The van der Waals surface area contributed by atoms with Crippen LogP contribution in [0.4, 0.5) is 0 Å². The van der Waals surface area contributed by atoms with Gasteiger partial charge < -0.3 is 10.2 Å². The highest BCUT2D eigenvalue weighted by Crippen LogP contribution is 2.26. The van der Waals surface area contributed by atoms with Crippen LogP contribution in [0.1, 0.15) is 44.7 Å². The van der Waals surface area contributed by atoms with Gasteiger partial charge in [-0.1, -0.05) is 26.8 Å². The normalized spacial score (nSPS) is 18.2. The third-order valence-electron chi connectivity index (χ3n) is 5.63. The van der Waals surface area contributed by atoms with E-state index in [1.807, 2.05) is 12.1 Å². The highest BCUT2D eigenvalue weighted by molar-refractivity contribution is 7.89. The molecule has 1 aromatic rings. The molecule has 1 saturated heterocycles. The summed E-state index contributed by atoms with van der Waals surface area (Å²) >= 11 is 0. The van der Waals surface area contributed by atoms with Crippen LogP contribution >= 0.6 is 0 Å². The van der Waals surface area contributed by atoms with E-state index in [0.717, 1.165) is 31.2 Å². The number of aryl methyl sites for hydroxylation is 2. The third kappa shape index (κ3) is 4.98. The molecule has 1 aliphatic carbocycles. The number of sulfonamides is 1. The molecule has 3 rings (SSSR count). The van der Waals surface area contributed by atoms with E-state index < -0.39 is 15.4 Å². The van der Waals surface area contributed by atoms with E-state index in [0.29, 0.717) is 18.0 Å². The first kappa shape index (κ1) is 21.8. The molecule has 2 amide bonds. The Kier molecular flexibility index (Phi) is 6.33. The van der Waals surface area contributed by atoms with Crippen molar-refractivity contribution in [3.8, 4) is 0 Å². The van der Waals surface area contributed by atoms with Crippen LogP contribution in [0.15, 0.2) is 23.1 Å². The van der Waals surface area contributed by atoms with E-state index in [-0.39, 0.29) is 31.4 Å². The Hall–Kier alpha value is -1.93. The fourth-order valence-electron chi connectivity index (χ4n) is 3.73. The maximum atomic E-state index is 13.0. The summed E-state index contributed by atoms with van der Waals surface area (Å²) in [6.45, 7) is 6.48. The number of rotatable bonds is 4. The van der Waals surface area contributed by atoms with Crippen molar-refractivity contribution in [1.82, 2.24) is 14.5 Å². The van der Waals surface area contributed by atoms with Gasteiger partial charge in [0.25, 0.3) is 0 Å². The van der Waals surface area contributed by atoms with E-state index >= 15 is 0 Å². The SMILES string of the molecule is CC(C)(C)C(=O)NCC(=O)N1CCN(S(=O)(=O)c2ccc3c(c2)CCCC3)CC1. The number of fused-ring (bicyclic) bond motifs is 1. The van der Waals surface area contributed by atoms with E-state index in [9.17, 15) is 18.0 Å². The predicted molar refractivity (Wildman–Crippen MR) is 111 cm³/mol. The zero-order valence-electron chi connectivity index (χ0n) is 17.5. The summed E-state index contributed by atoms with van der Waals surface area (Å²) in [6.07, 6.45) is 4.21. The van der Waals surface area contributed by atoms with Crippen molar-refractivity contribution in [3.05, 3.63) is 29.3 Å². The topological polar surface area (TPSA) is 86.8 Å². The molecule has 0 atom stereocenters. The molecule has 7 nitrogen and oxygen atoms in total. The van der Waals surface area contributed by atoms with Crippen LogP contribution in [-0.2, 0) is 32.5 Å². The molecule has 1 heterocycles. The lowest BCUT2D eigenvalue weighted by atomic mass is 9.92. The lowest BCUT2D eigenvalue weighted by Crippen LogP contribution is -2.53. The molecule has 0 aromatic heterocycles. The number of carbonyl (C=O) groups is 2. The average Bonchev–Trinajstić information content (AvgIpc) is 2.70. The van der Waals surface area contributed by atoms with E-state index in [1.165, 1.54) is 9.87 Å². The van der Waals surface area contributed by atoms with Crippen LogP contribution in [-0.4, -0.2) is 62.2 Å². The zero-order chi connectivity index (χ0) is 21.2. The summed E-state index contributed by atoms with van der Waals surface area (Å²) in [5.74, 6) is -0.368. The van der Waals surface area contributed by atoms with Gasteiger partial charge in [0.1, 0.15) is 0 Å². The lowest BCUT2D eigenvalue weighted by molar-refractivity contribution is -0.135. The molecule has 29 heavy (non-hydrogen) atoms. The van der Waals surface area contributed by atoms with Crippen LogP contribution < -0.4 is 5.32 Å². The van der Waals surface area contributed by atoms with Gasteiger partial charge in [-0.25, -0.2) is 8.42 Å². The second kappa shape index (κ2) is 8.44. The molecule has 0 bridgehead atoms. The summed E-state index contributed by atoms with van der Waals surface area (Å²) in [4.78, 5) is 26.2. The fourth-order valence-corrected chi connectivity index (χ4v) is 5.20. The summed E-state index contributed by atoms with van der Waals surface area (Å²) in [5.41, 5.74) is 1.84. The molecule has 1 N–H and O–H groups in total. The zero-order valence-corrected chi connectivity index (χ0v) is 18.3. The van der Waals surface area contributed by atoms with Crippen LogP contribution in [0, 0.1) is 5.41 Å². The number of nitrogens with zero attached hydrogens (tertiary/aromatic N) is 2. The second-order valence-electron chi connectivity index (χ2n) is 8.86. The van der Waals surface area contributed by atoms with Crippen LogP contribution in [0.3, 0.4) is 0 Å². The smallest absolute Gasteiger partial charge is 0.243 e. The molecule has 1 aliphatic heterocycles. The van der Waals surface area contributed by atoms with Crippen molar-refractivity contribution in [3.63, 3.8) is 0 Å². The van der Waals surface area contributed by atoms with E-state index in [4.69, 9.17) is 0 Å². The summed E-state index contributed by atoms with van der Waals surface area (Å²) < 4.78 is 27.5. The molecule has 1 aromatic carbocycles. The number of carbonyl (C=O) groups excluding carboxylic acids is 2. The molecular formula is C21H31N3O4S. The minimum Gasteiger partial charge on any atom is -0.347 e. The Morgan fingerprint density at radius 1 is 1.00 bits per heavy atom. The average molecular weight is 422 g/mol. The summed E-state index contributed by atoms with van der Waals surface area (Å²) in [5, 5.41) is 2.65. The number of hydrogen-bond acceptors (Lipinski definition) is 4. The number of amides is 2. The van der Waals surface area contributed by atoms with Crippen molar-refractivity contribution >= 4 is 21.8 Å². The fraction of sp³-hybridized carbons (Fsp3) is 0.619. The molecule has 2 aliphatic rings. The maximum Gasteiger partial charge on any atom is 0.243 e. The van der Waals surface area contributed by atoms with Gasteiger partial charge >= 0.3 is 0 Å². The van der Waals surface area contributed by atoms with Gasteiger partial charge in [-0.3, -0.25) is 9.59 Å². The van der Waals surface area contributed by atoms with Crippen molar-refractivity contribution in [1.29, 1.82) is 0 Å². The first-order valence-electron chi connectivity index (χ1n) is 10.3. The minimum atomic E-state index is -3.56. The highest BCUT2D eigenvalue weighted by atomic mass is 32.2. The van der Waals surface area contributed by atoms with Gasteiger partial charge in [-0.05, 0) is 48.9 Å². The van der Waals surface area contributed by atoms with Crippen LogP contribution in [0.2, 0.25) is 0 Å². The van der Waals surface area contributed by atoms with Crippen molar-refractivity contribution in [2.75, 3.05) is 32.7 Å². The summed E-state index contributed by atoms with van der Waals surface area (Å²) in [7, 11) is -3.56. The molecule has 160 valence electrons. The van der Waals surface area contributed by atoms with Gasteiger partial charge in [0.05, 0.1) is 11.4 Å². The number of benzene rings is 1. The predicted octanol–water partition coefficient (Wildman–Crippen LogP) is 1.56. The van der Waals surface area contributed by atoms with Crippen molar-refractivity contribution in [2.45, 2.75) is 51.3 Å². The Morgan fingerprint density at radius 3 is 2.24 bits per heavy atom. The Balaban J connectivity index is 1.58. The van der Waals surface area contributed by atoms with Crippen molar-refractivity contribution in [2.24, 2.45) is 5.41 Å². The van der Waals surface area contributed by atoms with Gasteiger partial charge in [0, 0.05) is 31.6 Å². The summed E-state index contributed by atoms with van der Waals surface area (Å²) in [6, 6.07) is 5.47.